The van der Waals surface area contributed by atoms with Gasteiger partial charge in [-0.1, -0.05) is 30.8 Å². The molecule has 0 spiro atoms. The average molecular weight is 405 g/mol. The monoisotopic (exact) mass is 404 g/mol. The zero-order chi connectivity index (χ0) is 21.5. The summed E-state index contributed by atoms with van der Waals surface area (Å²) >= 11 is 0. The summed E-state index contributed by atoms with van der Waals surface area (Å²) in [5, 5.41) is 20.2. The molecule has 2 aromatic rings. The first-order valence-electron chi connectivity index (χ1n) is 10.2. The highest BCUT2D eigenvalue weighted by molar-refractivity contribution is 5.73. The molecule has 0 fully saturated rings. The third-order valence-corrected chi connectivity index (χ3v) is 5.25. The van der Waals surface area contributed by atoms with Crippen LogP contribution in [0.15, 0.2) is 46.8 Å². The van der Waals surface area contributed by atoms with Gasteiger partial charge in [0.25, 0.3) is 5.89 Å². The molecule has 0 unspecified atom stereocenters. The molecule has 2 heterocycles. The highest BCUT2D eigenvalue weighted by Gasteiger charge is 2.18. The van der Waals surface area contributed by atoms with Gasteiger partial charge in [0.15, 0.2) is 0 Å². The van der Waals surface area contributed by atoms with Crippen LogP contribution in [-0.4, -0.2) is 29.8 Å². The van der Waals surface area contributed by atoms with Crippen LogP contribution in [0.25, 0.3) is 17.0 Å². The van der Waals surface area contributed by atoms with Crippen molar-refractivity contribution in [1.29, 1.82) is 5.26 Å². The predicted molar refractivity (Wildman–Crippen MR) is 118 cm³/mol. The van der Waals surface area contributed by atoms with Gasteiger partial charge in [-0.3, -0.25) is 0 Å². The lowest BCUT2D eigenvalue weighted by molar-refractivity contribution is 0.409. The summed E-state index contributed by atoms with van der Waals surface area (Å²) in [7, 11) is 0. The highest BCUT2D eigenvalue weighted by Crippen LogP contribution is 2.29. The first-order chi connectivity index (χ1) is 14.6. The van der Waals surface area contributed by atoms with Crippen molar-refractivity contribution in [3.05, 3.63) is 64.8 Å². The molecule has 0 saturated heterocycles. The number of aromatic nitrogens is 2. The molecule has 156 valence electrons. The molecule has 1 aromatic carbocycles. The van der Waals surface area contributed by atoms with E-state index in [4.69, 9.17) is 10.3 Å². The minimum absolute atomic E-state index is 0.263. The molecule has 0 atom stereocenters. The Labute approximate surface area is 177 Å². The maximum absolute atomic E-state index is 9.48. The summed E-state index contributed by atoms with van der Waals surface area (Å²) in [6.45, 7) is 10.8. The van der Waals surface area contributed by atoms with Crippen LogP contribution in [-0.2, 0) is 12.8 Å². The van der Waals surface area contributed by atoms with Gasteiger partial charge in [-0.15, -0.1) is 0 Å². The lowest BCUT2D eigenvalue weighted by Gasteiger charge is -2.11. The van der Waals surface area contributed by atoms with Gasteiger partial charge in [-0.2, -0.15) is 10.2 Å². The summed E-state index contributed by atoms with van der Waals surface area (Å²) in [5.41, 5.74) is 12.0. The third-order valence-electron chi connectivity index (χ3n) is 5.25. The second-order valence-electron chi connectivity index (χ2n) is 7.25. The van der Waals surface area contributed by atoms with E-state index in [9.17, 15) is 5.26 Å². The minimum Gasteiger partial charge on any atom is -0.404 e. The van der Waals surface area contributed by atoms with Crippen LogP contribution in [0.5, 0.6) is 0 Å². The third kappa shape index (κ3) is 4.61. The second-order valence-corrected chi connectivity index (χ2v) is 7.25. The van der Waals surface area contributed by atoms with Crippen LogP contribution in [0.1, 0.15) is 35.9 Å². The van der Waals surface area contributed by atoms with Crippen molar-refractivity contribution in [3.63, 3.8) is 0 Å². The van der Waals surface area contributed by atoms with Crippen molar-refractivity contribution in [1.82, 2.24) is 20.8 Å². The van der Waals surface area contributed by atoms with Crippen molar-refractivity contribution in [2.24, 2.45) is 5.73 Å². The van der Waals surface area contributed by atoms with Gasteiger partial charge in [-0.25, -0.2) is 0 Å². The van der Waals surface area contributed by atoms with E-state index in [1.54, 1.807) is 6.08 Å². The maximum Gasteiger partial charge on any atom is 0.259 e. The van der Waals surface area contributed by atoms with Crippen LogP contribution >= 0.6 is 0 Å². The molecular weight excluding hydrogens is 376 g/mol. The van der Waals surface area contributed by atoms with Crippen molar-refractivity contribution in [3.8, 4) is 17.5 Å². The van der Waals surface area contributed by atoms with Gasteiger partial charge in [0.05, 0.1) is 11.1 Å². The summed E-state index contributed by atoms with van der Waals surface area (Å²) in [4.78, 5) is 4.55. The van der Waals surface area contributed by atoms with Gasteiger partial charge in [0.2, 0.25) is 5.82 Å². The van der Waals surface area contributed by atoms with E-state index in [1.807, 2.05) is 13.0 Å². The number of nitrogens with two attached hydrogens (primary N) is 1. The number of hydrogen-bond donors (Lipinski definition) is 3. The van der Waals surface area contributed by atoms with E-state index >= 15 is 0 Å². The molecule has 0 amide bonds. The molecular formula is C23H28N6O. The zero-order valence-corrected chi connectivity index (χ0v) is 17.6. The van der Waals surface area contributed by atoms with E-state index in [1.165, 1.54) is 22.9 Å². The molecule has 7 heteroatoms. The fourth-order valence-electron chi connectivity index (χ4n) is 3.54. The van der Waals surface area contributed by atoms with Crippen molar-refractivity contribution in [2.75, 3.05) is 19.6 Å². The molecule has 3 rings (SSSR count). The number of nitrogens with one attached hydrogen (secondary N) is 2. The number of nitriles is 1. The topological polar surface area (TPSA) is 113 Å². The molecule has 0 aliphatic carbocycles. The first-order valence-corrected chi connectivity index (χ1v) is 10.2. The van der Waals surface area contributed by atoms with Crippen molar-refractivity contribution < 1.29 is 4.52 Å². The number of allylic oxidation sites excluding steroid dienone is 3. The summed E-state index contributed by atoms with van der Waals surface area (Å²) in [6.07, 6.45) is 5.90. The largest absolute Gasteiger partial charge is 0.404 e. The Morgan fingerprint density at radius 3 is 2.93 bits per heavy atom. The molecule has 0 saturated carbocycles. The van der Waals surface area contributed by atoms with Crippen LogP contribution < -0.4 is 16.4 Å². The molecule has 1 aliphatic rings. The van der Waals surface area contributed by atoms with Crippen LogP contribution in [0.4, 0.5) is 0 Å². The highest BCUT2D eigenvalue weighted by atomic mass is 16.5. The van der Waals surface area contributed by atoms with E-state index in [0.717, 1.165) is 44.5 Å². The SMILES string of the molecule is C=C(NCCC)/C(C#N)=C\C(=C/N)c1nc(-c2ccc3c(c2C)CCNCC3)no1. The standard InChI is InChI=1S/C23H28N6O/c1-4-9-27-16(3)18(13-24)12-19(14-25)23-28-22(29-30-23)21-6-5-17-7-10-26-11-8-20(17)15(21)2/h5-6,12,14,26-27H,3-4,7-11,25H2,1-2H3/b18-12-,19-14+. The normalized spacial score (nSPS) is 14.6. The lowest BCUT2D eigenvalue weighted by atomic mass is 9.93. The van der Waals surface area contributed by atoms with Gasteiger partial charge in [0, 0.05) is 24.0 Å². The van der Waals surface area contributed by atoms with E-state index < -0.39 is 0 Å². The van der Waals surface area contributed by atoms with Crippen LogP contribution in [0.3, 0.4) is 0 Å². The quantitative estimate of drug-likeness (QED) is 0.480. The molecule has 4 N–H and O–H groups in total. The number of benzene rings is 1. The van der Waals surface area contributed by atoms with Gasteiger partial charge >= 0.3 is 0 Å². The number of rotatable bonds is 7. The molecule has 1 aliphatic heterocycles. The Balaban J connectivity index is 1.90. The predicted octanol–water partition coefficient (Wildman–Crippen LogP) is 3.00. The first kappa shape index (κ1) is 21.3. The Bertz CT molecular complexity index is 1020. The average Bonchev–Trinajstić information content (AvgIpc) is 3.10. The number of nitrogens with zero attached hydrogens (tertiary/aromatic N) is 3. The van der Waals surface area contributed by atoms with Gasteiger partial charge in [-0.05, 0) is 62.0 Å². The molecule has 0 radical (unpaired) electrons. The van der Waals surface area contributed by atoms with Crippen LogP contribution in [0, 0.1) is 18.3 Å². The smallest absolute Gasteiger partial charge is 0.259 e. The molecule has 0 bridgehead atoms. The Morgan fingerprint density at radius 1 is 1.40 bits per heavy atom. The summed E-state index contributed by atoms with van der Waals surface area (Å²) in [5.74, 6) is 0.774. The Morgan fingerprint density at radius 2 is 2.20 bits per heavy atom. The maximum atomic E-state index is 9.48. The summed E-state index contributed by atoms with van der Waals surface area (Å²) in [6, 6.07) is 6.34. The fourth-order valence-corrected chi connectivity index (χ4v) is 3.54. The van der Waals surface area contributed by atoms with Gasteiger partial charge in [0.1, 0.15) is 6.07 Å². The zero-order valence-electron chi connectivity index (χ0n) is 17.6. The van der Waals surface area contributed by atoms with Crippen LogP contribution in [0.2, 0.25) is 0 Å². The summed E-state index contributed by atoms with van der Waals surface area (Å²) < 4.78 is 5.48. The fraction of sp³-hybridized carbons (Fsp3) is 0.348. The molecule has 30 heavy (non-hydrogen) atoms. The van der Waals surface area contributed by atoms with Crippen molar-refractivity contribution in [2.45, 2.75) is 33.1 Å². The second kappa shape index (κ2) is 9.90. The molecule has 7 nitrogen and oxygen atoms in total. The van der Waals surface area contributed by atoms with E-state index in [-0.39, 0.29) is 5.89 Å². The Kier molecular flexibility index (Phi) is 7.04. The van der Waals surface area contributed by atoms with Gasteiger partial charge < -0.3 is 20.9 Å². The van der Waals surface area contributed by atoms with E-state index in [0.29, 0.717) is 22.7 Å². The number of fused-ring (bicyclic) bond motifs is 1. The lowest BCUT2D eigenvalue weighted by Crippen LogP contribution is -2.16. The van der Waals surface area contributed by atoms with E-state index in [2.05, 4.69) is 46.4 Å². The van der Waals surface area contributed by atoms with Crippen molar-refractivity contribution >= 4 is 5.57 Å². The molecule has 1 aromatic heterocycles. The number of hydrogen-bond acceptors (Lipinski definition) is 7. The Hall–Kier alpha value is -3.37. The minimum atomic E-state index is 0.263.